The lowest BCUT2D eigenvalue weighted by molar-refractivity contribution is -0.159. The van der Waals surface area contributed by atoms with Crippen molar-refractivity contribution in [1.29, 1.82) is 0 Å². The quantitative estimate of drug-likeness (QED) is 0.901. The highest BCUT2D eigenvalue weighted by molar-refractivity contribution is 5.88. The Morgan fingerprint density at radius 3 is 2.63 bits per heavy atom. The molecule has 0 spiro atoms. The smallest absolute Gasteiger partial charge is 0.471 e. The number of nitrogens with zero attached hydrogens (tertiary/aromatic N) is 3. The van der Waals surface area contributed by atoms with Crippen molar-refractivity contribution in [2.45, 2.75) is 13.1 Å². The van der Waals surface area contributed by atoms with Gasteiger partial charge in [-0.25, -0.2) is 4.79 Å². The average molecular weight is 273 g/mol. The first-order valence-electron chi connectivity index (χ1n) is 4.90. The van der Waals surface area contributed by atoms with Crippen LogP contribution in [-0.4, -0.2) is 26.2 Å². The van der Waals surface area contributed by atoms with E-state index in [2.05, 4.69) is 19.6 Å². The number of pyridine rings is 1. The van der Waals surface area contributed by atoms with Gasteiger partial charge in [-0.1, -0.05) is 5.16 Å². The molecule has 2 rings (SSSR count). The van der Waals surface area contributed by atoms with Crippen LogP contribution in [-0.2, 0) is 6.18 Å². The van der Waals surface area contributed by atoms with Crippen molar-refractivity contribution in [2.24, 2.45) is 0 Å². The van der Waals surface area contributed by atoms with Crippen LogP contribution >= 0.6 is 0 Å². The summed E-state index contributed by atoms with van der Waals surface area (Å²) in [6.07, 6.45) is -3.66. The number of aromatic carboxylic acids is 1. The second-order valence-electron chi connectivity index (χ2n) is 3.58. The van der Waals surface area contributed by atoms with Gasteiger partial charge in [0.05, 0.1) is 5.56 Å². The Bertz CT molecular complexity index is 636. The fourth-order valence-electron chi connectivity index (χ4n) is 1.32. The lowest BCUT2D eigenvalue weighted by atomic mass is 10.1. The minimum atomic E-state index is -4.75. The number of aromatic nitrogens is 3. The Labute approximate surface area is 103 Å². The molecule has 0 fully saturated rings. The Morgan fingerprint density at radius 1 is 1.42 bits per heavy atom. The first kappa shape index (κ1) is 13.0. The van der Waals surface area contributed by atoms with Crippen molar-refractivity contribution in [1.82, 2.24) is 15.1 Å². The van der Waals surface area contributed by atoms with Gasteiger partial charge in [0.1, 0.15) is 0 Å². The number of hydrogen-bond acceptors (Lipinski definition) is 5. The summed E-state index contributed by atoms with van der Waals surface area (Å²) in [5.74, 6) is -3.11. The second-order valence-corrected chi connectivity index (χ2v) is 3.58. The standard InChI is InChI=1S/C10H6F3N3O3/c1-4-6(2-5(3-14-4)8(17)18)7-15-9(19-16-7)10(11,12)13/h2-3H,1H3,(H,17,18). The molecule has 2 heterocycles. The molecule has 0 bridgehead atoms. The van der Waals surface area contributed by atoms with Gasteiger partial charge >= 0.3 is 18.0 Å². The van der Waals surface area contributed by atoms with Crippen molar-refractivity contribution in [3.63, 3.8) is 0 Å². The monoisotopic (exact) mass is 273 g/mol. The molecule has 0 atom stereocenters. The molecule has 0 aromatic carbocycles. The molecule has 6 nitrogen and oxygen atoms in total. The van der Waals surface area contributed by atoms with Crippen molar-refractivity contribution < 1.29 is 27.6 Å². The lowest BCUT2D eigenvalue weighted by Gasteiger charge is -2.01. The van der Waals surface area contributed by atoms with Crippen LogP contribution < -0.4 is 0 Å². The van der Waals surface area contributed by atoms with E-state index in [1.807, 2.05) is 0 Å². The fourth-order valence-corrected chi connectivity index (χ4v) is 1.32. The van der Waals surface area contributed by atoms with Crippen LogP contribution in [0.1, 0.15) is 21.9 Å². The Morgan fingerprint density at radius 2 is 2.11 bits per heavy atom. The molecule has 19 heavy (non-hydrogen) atoms. The maximum absolute atomic E-state index is 12.3. The van der Waals surface area contributed by atoms with Gasteiger partial charge in [-0.2, -0.15) is 18.2 Å². The van der Waals surface area contributed by atoms with Gasteiger partial charge in [-0.15, -0.1) is 0 Å². The molecule has 0 saturated heterocycles. The van der Waals surface area contributed by atoms with Crippen LogP contribution in [0.15, 0.2) is 16.8 Å². The Balaban J connectivity index is 2.49. The predicted octanol–water partition coefficient (Wildman–Crippen LogP) is 2.16. The lowest BCUT2D eigenvalue weighted by Crippen LogP contribution is -2.05. The molecule has 9 heteroatoms. The van der Waals surface area contributed by atoms with E-state index in [0.717, 1.165) is 12.3 Å². The summed E-state index contributed by atoms with van der Waals surface area (Å²) in [6, 6.07) is 1.13. The molecule has 0 aliphatic rings. The predicted molar refractivity (Wildman–Crippen MR) is 54.2 cm³/mol. The van der Waals surface area contributed by atoms with Gasteiger partial charge in [-0.3, -0.25) is 4.98 Å². The number of halogens is 3. The normalized spacial score (nSPS) is 11.6. The summed E-state index contributed by atoms with van der Waals surface area (Å²) in [6.45, 7) is 1.49. The number of carboxylic acid groups (broad SMARTS) is 1. The summed E-state index contributed by atoms with van der Waals surface area (Å²) < 4.78 is 41.0. The van der Waals surface area contributed by atoms with E-state index in [4.69, 9.17) is 5.11 Å². The van der Waals surface area contributed by atoms with E-state index in [9.17, 15) is 18.0 Å². The Kier molecular flexibility index (Phi) is 2.97. The highest BCUT2D eigenvalue weighted by Crippen LogP contribution is 2.30. The molecule has 0 aliphatic carbocycles. The molecule has 1 N–H and O–H groups in total. The third-order valence-corrected chi connectivity index (χ3v) is 2.24. The minimum Gasteiger partial charge on any atom is -0.478 e. The van der Waals surface area contributed by atoms with Crippen LogP contribution in [0.25, 0.3) is 11.4 Å². The van der Waals surface area contributed by atoms with E-state index in [1.165, 1.54) is 6.92 Å². The van der Waals surface area contributed by atoms with E-state index in [-0.39, 0.29) is 17.0 Å². The number of carbonyl (C=O) groups is 1. The molecule has 0 unspecified atom stereocenters. The van der Waals surface area contributed by atoms with Crippen LogP contribution in [0.2, 0.25) is 0 Å². The molecule has 2 aromatic rings. The van der Waals surface area contributed by atoms with Crippen molar-refractivity contribution in [2.75, 3.05) is 0 Å². The summed E-state index contributed by atoms with van der Waals surface area (Å²) in [7, 11) is 0. The van der Waals surface area contributed by atoms with Crippen molar-refractivity contribution in [3.05, 3.63) is 29.4 Å². The second kappa shape index (κ2) is 4.34. The average Bonchev–Trinajstić information content (AvgIpc) is 2.78. The van der Waals surface area contributed by atoms with E-state index in [0.29, 0.717) is 5.69 Å². The highest BCUT2D eigenvalue weighted by Gasteiger charge is 2.38. The summed E-state index contributed by atoms with van der Waals surface area (Å²) >= 11 is 0. The molecule has 0 radical (unpaired) electrons. The summed E-state index contributed by atoms with van der Waals surface area (Å²) in [5.41, 5.74) is 0.178. The van der Waals surface area contributed by atoms with Crippen LogP contribution in [0.5, 0.6) is 0 Å². The Hall–Kier alpha value is -2.45. The molecule has 0 saturated carbocycles. The molecular formula is C10H6F3N3O3. The zero-order valence-corrected chi connectivity index (χ0v) is 9.39. The zero-order valence-electron chi connectivity index (χ0n) is 9.39. The number of aryl methyl sites for hydroxylation is 1. The SMILES string of the molecule is Cc1ncc(C(=O)O)cc1-c1noc(C(F)(F)F)n1. The molecule has 0 amide bonds. The van der Waals surface area contributed by atoms with Crippen LogP contribution in [0, 0.1) is 6.92 Å². The number of rotatable bonds is 2. The summed E-state index contributed by atoms with van der Waals surface area (Å²) in [5, 5.41) is 12.0. The van der Waals surface area contributed by atoms with Crippen molar-refractivity contribution >= 4 is 5.97 Å². The van der Waals surface area contributed by atoms with E-state index < -0.39 is 18.0 Å². The van der Waals surface area contributed by atoms with Crippen LogP contribution in [0.3, 0.4) is 0 Å². The van der Waals surface area contributed by atoms with E-state index in [1.54, 1.807) is 0 Å². The fraction of sp³-hybridized carbons (Fsp3) is 0.200. The minimum absolute atomic E-state index is 0.0687. The third-order valence-electron chi connectivity index (χ3n) is 2.24. The number of hydrogen-bond donors (Lipinski definition) is 1. The van der Waals surface area contributed by atoms with Gasteiger partial charge < -0.3 is 9.63 Å². The maximum Gasteiger partial charge on any atom is 0.471 e. The molecule has 2 aromatic heterocycles. The largest absolute Gasteiger partial charge is 0.478 e. The topological polar surface area (TPSA) is 89.1 Å². The van der Waals surface area contributed by atoms with Crippen molar-refractivity contribution in [3.8, 4) is 11.4 Å². The van der Waals surface area contributed by atoms with Crippen LogP contribution in [0.4, 0.5) is 13.2 Å². The first-order chi connectivity index (χ1) is 8.79. The molecule has 100 valence electrons. The molecular weight excluding hydrogens is 267 g/mol. The van der Waals surface area contributed by atoms with Gasteiger partial charge in [0, 0.05) is 17.5 Å². The number of carboxylic acids is 1. The van der Waals surface area contributed by atoms with Gasteiger partial charge in [-0.05, 0) is 13.0 Å². The molecule has 0 aliphatic heterocycles. The third kappa shape index (κ3) is 2.54. The highest BCUT2D eigenvalue weighted by atomic mass is 19.4. The first-order valence-corrected chi connectivity index (χ1v) is 4.90. The van der Waals surface area contributed by atoms with Gasteiger partial charge in [0.25, 0.3) is 0 Å². The van der Waals surface area contributed by atoms with Gasteiger partial charge in [0.2, 0.25) is 5.82 Å². The zero-order chi connectivity index (χ0) is 14.2. The maximum atomic E-state index is 12.3. The van der Waals surface area contributed by atoms with E-state index >= 15 is 0 Å². The van der Waals surface area contributed by atoms with Gasteiger partial charge in [0.15, 0.2) is 0 Å². The number of alkyl halides is 3. The summed E-state index contributed by atoms with van der Waals surface area (Å²) in [4.78, 5) is 17.7.